The topological polar surface area (TPSA) is 63.8 Å². The molecule has 0 amide bonds. The van der Waals surface area contributed by atoms with E-state index in [0.717, 1.165) is 23.8 Å². The van der Waals surface area contributed by atoms with E-state index in [0.29, 0.717) is 11.2 Å². The van der Waals surface area contributed by atoms with Crippen LogP contribution in [0.25, 0.3) is 0 Å². The molecule has 1 aliphatic rings. The molecule has 0 saturated carbocycles. The van der Waals surface area contributed by atoms with Gasteiger partial charge in [-0.1, -0.05) is 20.3 Å². The fraction of sp³-hybridized carbons (Fsp3) is 0.692. The Kier molecular flexibility index (Phi) is 4.83. The summed E-state index contributed by atoms with van der Waals surface area (Å²) in [5.41, 5.74) is 3.75. The molecule has 1 aromatic rings. The van der Waals surface area contributed by atoms with Gasteiger partial charge in [0.15, 0.2) is 0 Å². The molecular formula is C13H22N4S. The molecule has 1 saturated heterocycles. The predicted molar refractivity (Wildman–Crippen MR) is 77.4 cm³/mol. The van der Waals surface area contributed by atoms with Gasteiger partial charge in [0.1, 0.15) is 11.6 Å². The van der Waals surface area contributed by atoms with Crippen LogP contribution < -0.4 is 11.3 Å². The highest BCUT2D eigenvalue weighted by Crippen LogP contribution is 2.37. The zero-order valence-corrected chi connectivity index (χ0v) is 12.0. The summed E-state index contributed by atoms with van der Waals surface area (Å²) in [7, 11) is 0. The van der Waals surface area contributed by atoms with Crippen molar-refractivity contribution in [2.45, 2.75) is 44.8 Å². The standard InChI is InChI=1S/C13H22N4S/c1-9(2)7-10-8-12(17-14)16-13(15-10)11-5-3-4-6-18-11/h8-9,11H,3-7,14H2,1-2H3,(H,15,16,17). The normalized spacial score (nSPS) is 20.1. The second-order valence-corrected chi connectivity index (χ2v) is 6.51. The van der Waals surface area contributed by atoms with Crippen molar-refractivity contribution in [1.82, 2.24) is 9.97 Å². The van der Waals surface area contributed by atoms with Crippen molar-refractivity contribution in [1.29, 1.82) is 0 Å². The lowest BCUT2D eigenvalue weighted by Gasteiger charge is -2.21. The maximum Gasteiger partial charge on any atom is 0.143 e. The molecular weight excluding hydrogens is 244 g/mol. The average molecular weight is 266 g/mol. The summed E-state index contributed by atoms with van der Waals surface area (Å²) in [5, 5.41) is 0.443. The van der Waals surface area contributed by atoms with E-state index in [-0.39, 0.29) is 0 Å². The molecule has 1 unspecified atom stereocenters. The van der Waals surface area contributed by atoms with Gasteiger partial charge in [-0.15, -0.1) is 0 Å². The Hall–Kier alpha value is -0.810. The summed E-state index contributed by atoms with van der Waals surface area (Å²) in [4.78, 5) is 9.23. The molecule has 1 aromatic heterocycles. The average Bonchev–Trinajstić information content (AvgIpc) is 2.38. The van der Waals surface area contributed by atoms with Crippen LogP contribution in [-0.2, 0) is 6.42 Å². The lowest BCUT2D eigenvalue weighted by atomic mass is 10.1. The molecule has 5 heteroatoms. The minimum atomic E-state index is 0.443. The lowest BCUT2D eigenvalue weighted by Crippen LogP contribution is -2.14. The van der Waals surface area contributed by atoms with Gasteiger partial charge in [0.05, 0.1) is 5.25 Å². The van der Waals surface area contributed by atoms with Crippen molar-refractivity contribution < 1.29 is 0 Å². The van der Waals surface area contributed by atoms with Gasteiger partial charge in [-0.25, -0.2) is 15.8 Å². The van der Waals surface area contributed by atoms with E-state index in [1.807, 2.05) is 17.8 Å². The monoisotopic (exact) mass is 266 g/mol. The molecule has 100 valence electrons. The second kappa shape index (κ2) is 6.38. The molecule has 2 heterocycles. The Bertz CT molecular complexity index is 389. The van der Waals surface area contributed by atoms with E-state index in [2.05, 4.69) is 24.3 Å². The van der Waals surface area contributed by atoms with E-state index in [1.54, 1.807) is 0 Å². The van der Waals surface area contributed by atoms with Gasteiger partial charge in [0, 0.05) is 11.8 Å². The van der Waals surface area contributed by atoms with Crippen LogP contribution in [0.3, 0.4) is 0 Å². The summed E-state index contributed by atoms with van der Waals surface area (Å²) in [6, 6.07) is 1.96. The minimum absolute atomic E-state index is 0.443. The van der Waals surface area contributed by atoms with Gasteiger partial charge in [-0.2, -0.15) is 11.8 Å². The summed E-state index contributed by atoms with van der Waals surface area (Å²) >= 11 is 1.97. The number of nitrogen functional groups attached to an aromatic ring is 1. The molecule has 0 radical (unpaired) electrons. The number of aromatic nitrogens is 2. The van der Waals surface area contributed by atoms with Gasteiger partial charge in [0.25, 0.3) is 0 Å². The lowest BCUT2D eigenvalue weighted by molar-refractivity contribution is 0.620. The molecule has 1 atom stereocenters. The van der Waals surface area contributed by atoms with Crippen molar-refractivity contribution >= 4 is 17.6 Å². The van der Waals surface area contributed by atoms with Crippen LogP contribution in [0.5, 0.6) is 0 Å². The van der Waals surface area contributed by atoms with Crippen molar-refractivity contribution in [2.75, 3.05) is 11.2 Å². The van der Waals surface area contributed by atoms with E-state index in [4.69, 9.17) is 10.8 Å². The molecule has 1 fully saturated rings. The first-order valence-corrected chi connectivity index (χ1v) is 7.70. The molecule has 0 bridgehead atoms. The Morgan fingerprint density at radius 1 is 1.44 bits per heavy atom. The Balaban J connectivity index is 2.22. The smallest absolute Gasteiger partial charge is 0.143 e. The predicted octanol–water partition coefficient (Wildman–Crippen LogP) is 2.92. The van der Waals surface area contributed by atoms with Crippen LogP contribution >= 0.6 is 11.8 Å². The summed E-state index contributed by atoms with van der Waals surface area (Å²) in [6.07, 6.45) is 4.75. The second-order valence-electron chi connectivity index (χ2n) is 5.20. The van der Waals surface area contributed by atoms with Crippen LogP contribution in [0.15, 0.2) is 6.07 Å². The Morgan fingerprint density at radius 3 is 2.89 bits per heavy atom. The number of anilines is 1. The summed E-state index contributed by atoms with van der Waals surface area (Å²) in [6.45, 7) is 4.40. The van der Waals surface area contributed by atoms with Crippen molar-refractivity contribution in [2.24, 2.45) is 11.8 Å². The van der Waals surface area contributed by atoms with Crippen LogP contribution in [0, 0.1) is 5.92 Å². The maximum atomic E-state index is 5.50. The third-order valence-corrected chi connectivity index (χ3v) is 4.40. The van der Waals surface area contributed by atoms with Crippen molar-refractivity contribution in [3.63, 3.8) is 0 Å². The molecule has 0 aromatic carbocycles. The Morgan fingerprint density at radius 2 is 2.28 bits per heavy atom. The largest absolute Gasteiger partial charge is 0.308 e. The molecule has 2 rings (SSSR count). The quantitative estimate of drug-likeness (QED) is 0.648. The fourth-order valence-corrected chi connectivity index (χ4v) is 3.45. The summed E-state index contributed by atoms with van der Waals surface area (Å²) in [5.74, 6) is 9.00. The van der Waals surface area contributed by atoms with Crippen LogP contribution in [-0.4, -0.2) is 15.7 Å². The number of nitrogens with one attached hydrogen (secondary N) is 1. The summed E-state index contributed by atoms with van der Waals surface area (Å²) < 4.78 is 0. The minimum Gasteiger partial charge on any atom is -0.308 e. The van der Waals surface area contributed by atoms with Crippen LogP contribution in [0.4, 0.5) is 5.82 Å². The first-order valence-electron chi connectivity index (χ1n) is 6.65. The fourth-order valence-electron chi connectivity index (χ4n) is 2.20. The van der Waals surface area contributed by atoms with E-state index in [9.17, 15) is 0 Å². The number of thioether (sulfide) groups is 1. The first kappa shape index (κ1) is 13.6. The third kappa shape index (κ3) is 3.59. The van der Waals surface area contributed by atoms with Gasteiger partial charge in [0.2, 0.25) is 0 Å². The maximum absolute atomic E-state index is 5.50. The molecule has 0 aliphatic carbocycles. The number of nitrogens with zero attached hydrogens (tertiary/aromatic N) is 2. The first-order chi connectivity index (χ1) is 8.69. The molecule has 1 aliphatic heterocycles. The third-order valence-electron chi connectivity index (χ3n) is 3.03. The highest BCUT2D eigenvalue weighted by atomic mass is 32.2. The number of nitrogens with two attached hydrogens (primary N) is 1. The number of rotatable bonds is 4. The molecule has 0 spiro atoms. The molecule has 18 heavy (non-hydrogen) atoms. The van der Waals surface area contributed by atoms with Gasteiger partial charge >= 0.3 is 0 Å². The molecule has 4 nitrogen and oxygen atoms in total. The zero-order chi connectivity index (χ0) is 13.0. The van der Waals surface area contributed by atoms with E-state index in [1.165, 1.54) is 25.0 Å². The number of hydrogen-bond donors (Lipinski definition) is 2. The van der Waals surface area contributed by atoms with Crippen molar-refractivity contribution in [3.05, 3.63) is 17.6 Å². The zero-order valence-electron chi connectivity index (χ0n) is 11.1. The van der Waals surface area contributed by atoms with Gasteiger partial charge in [-0.05, 0) is 30.9 Å². The number of hydrazine groups is 1. The highest BCUT2D eigenvalue weighted by Gasteiger charge is 2.20. The van der Waals surface area contributed by atoms with Crippen molar-refractivity contribution in [3.8, 4) is 0 Å². The van der Waals surface area contributed by atoms with Crippen LogP contribution in [0.2, 0.25) is 0 Å². The van der Waals surface area contributed by atoms with Crippen LogP contribution in [0.1, 0.15) is 49.9 Å². The molecule has 3 N–H and O–H groups in total. The van der Waals surface area contributed by atoms with Gasteiger partial charge in [-0.3, -0.25) is 0 Å². The number of hydrogen-bond acceptors (Lipinski definition) is 5. The van der Waals surface area contributed by atoms with E-state index < -0.39 is 0 Å². The highest BCUT2D eigenvalue weighted by molar-refractivity contribution is 7.99. The Labute approximate surface area is 113 Å². The van der Waals surface area contributed by atoms with Gasteiger partial charge < -0.3 is 5.43 Å². The SMILES string of the molecule is CC(C)Cc1cc(NN)nc(C2CCCCS2)n1. The van der Waals surface area contributed by atoms with E-state index >= 15 is 0 Å².